The summed E-state index contributed by atoms with van der Waals surface area (Å²) in [6.07, 6.45) is 3.58. The number of para-hydroxylation sites is 1. The van der Waals surface area contributed by atoms with Crippen molar-refractivity contribution in [2.75, 3.05) is 23.7 Å². The largest absolute Gasteiger partial charge is 0.354 e. The molecule has 0 saturated heterocycles. The van der Waals surface area contributed by atoms with Crippen LogP contribution in [0.4, 0.5) is 11.6 Å². The predicted molar refractivity (Wildman–Crippen MR) is 99.1 cm³/mol. The van der Waals surface area contributed by atoms with E-state index in [1.54, 1.807) is 42.7 Å². The lowest BCUT2D eigenvalue weighted by atomic mass is 10.1. The monoisotopic (exact) mass is 368 g/mol. The summed E-state index contributed by atoms with van der Waals surface area (Å²) in [6.45, 7) is 0.872. The zero-order chi connectivity index (χ0) is 19.1. The number of nitrogens with one attached hydrogen (secondary N) is 4. The second-order valence-corrected chi connectivity index (χ2v) is 5.95. The predicted octanol–water partition coefficient (Wildman–Crippen LogP) is 0.536. The molecule has 1 aliphatic heterocycles. The molecule has 0 radical (unpaired) electrons. The van der Waals surface area contributed by atoms with Crippen LogP contribution in [-0.2, 0) is 9.59 Å². The molecule has 0 saturated carbocycles. The minimum Gasteiger partial charge on any atom is -0.354 e. The highest BCUT2D eigenvalue weighted by molar-refractivity contribution is 6.09. The second-order valence-electron chi connectivity index (χ2n) is 5.95. The zero-order valence-corrected chi connectivity index (χ0v) is 14.6. The number of benzene rings is 1. The van der Waals surface area contributed by atoms with Crippen molar-refractivity contribution < 1.29 is 14.4 Å². The van der Waals surface area contributed by atoms with Crippen LogP contribution in [0.5, 0.6) is 0 Å². The lowest BCUT2D eigenvalue weighted by Gasteiger charge is -2.14. The Morgan fingerprint density at radius 2 is 1.85 bits per heavy atom. The number of anilines is 2. The van der Waals surface area contributed by atoms with Crippen molar-refractivity contribution >= 4 is 29.4 Å². The van der Waals surface area contributed by atoms with Gasteiger partial charge in [0.15, 0.2) is 0 Å². The molecule has 0 unspecified atom stereocenters. The van der Waals surface area contributed by atoms with Crippen LogP contribution in [-0.4, -0.2) is 46.8 Å². The quantitative estimate of drug-likeness (QED) is 0.529. The van der Waals surface area contributed by atoms with Crippen molar-refractivity contribution in [3.8, 4) is 0 Å². The summed E-state index contributed by atoms with van der Waals surface area (Å²) in [4.78, 5) is 44.5. The number of amides is 3. The summed E-state index contributed by atoms with van der Waals surface area (Å²) < 4.78 is 0. The maximum absolute atomic E-state index is 12.3. The molecular formula is C18H20N6O3. The van der Waals surface area contributed by atoms with Crippen LogP contribution in [0.1, 0.15) is 23.2 Å². The van der Waals surface area contributed by atoms with Crippen molar-refractivity contribution in [2.24, 2.45) is 0 Å². The average Bonchev–Trinajstić information content (AvgIpc) is 2.80. The van der Waals surface area contributed by atoms with Gasteiger partial charge in [-0.2, -0.15) is 0 Å². The van der Waals surface area contributed by atoms with Crippen molar-refractivity contribution in [2.45, 2.75) is 18.9 Å². The third-order valence-corrected chi connectivity index (χ3v) is 4.01. The van der Waals surface area contributed by atoms with Gasteiger partial charge >= 0.3 is 0 Å². The number of carbonyl (C=O) groups is 3. The number of nitrogens with zero attached hydrogens (tertiary/aromatic N) is 2. The van der Waals surface area contributed by atoms with Crippen molar-refractivity contribution in [3.63, 3.8) is 0 Å². The minimum absolute atomic E-state index is 0.122. The van der Waals surface area contributed by atoms with Gasteiger partial charge in [-0.3, -0.25) is 14.4 Å². The normalized spacial score (nSPS) is 15.8. The summed E-state index contributed by atoms with van der Waals surface area (Å²) in [6, 6.07) is 7.75. The summed E-state index contributed by atoms with van der Waals surface area (Å²) in [5, 5.41) is 11.1. The molecule has 9 nitrogen and oxygen atoms in total. The fourth-order valence-electron chi connectivity index (χ4n) is 2.65. The molecule has 1 aromatic carbocycles. The van der Waals surface area contributed by atoms with E-state index in [0.29, 0.717) is 30.3 Å². The maximum Gasteiger partial charge on any atom is 0.254 e. The highest BCUT2D eigenvalue weighted by atomic mass is 16.2. The molecule has 3 amide bonds. The van der Waals surface area contributed by atoms with E-state index in [1.807, 2.05) is 0 Å². The van der Waals surface area contributed by atoms with E-state index in [1.165, 1.54) is 0 Å². The van der Waals surface area contributed by atoms with Crippen LogP contribution in [0, 0.1) is 0 Å². The Bertz CT molecular complexity index is 827. The fraction of sp³-hybridized carbons (Fsp3) is 0.278. The first-order valence-corrected chi connectivity index (χ1v) is 8.62. The lowest BCUT2D eigenvalue weighted by Crippen LogP contribution is -2.42. The molecule has 0 aliphatic carbocycles. The fourth-order valence-corrected chi connectivity index (χ4v) is 2.65. The van der Waals surface area contributed by atoms with E-state index < -0.39 is 6.04 Å². The number of carbonyl (C=O) groups excluding carboxylic acids is 3. The second kappa shape index (κ2) is 8.75. The third kappa shape index (κ3) is 5.00. The lowest BCUT2D eigenvalue weighted by molar-refractivity contribution is -0.121. The Morgan fingerprint density at radius 3 is 2.67 bits per heavy atom. The van der Waals surface area contributed by atoms with Gasteiger partial charge in [-0.1, -0.05) is 12.1 Å². The molecule has 9 heteroatoms. The van der Waals surface area contributed by atoms with E-state index in [9.17, 15) is 14.4 Å². The molecule has 1 atom stereocenters. The topological polar surface area (TPSA) is 125 Å². The molecule has 140 valence electrons. The Kier molecular flexibility index (Phi) is 5.93. The van der Waals surface area contributed by atoms with E-state index in [2.05, 4.69) is 31.2 Å². The number of hydrogen-bond acceptors (Lipinski definition) is 6. The Labute approximate surface area is 156 Å². The molecule has 1 aliphatic rings. The molecule has 27 heavy (non-hydrogen) atoms. The van der Waals surface area contributed by atoms with Crippen LogP contribution in [0.15, 0.2) is 42.7 Å². The SMILES string of the molecule is O=C(CC[C@@H]1NC(=O)c2ccccc2NC1=O)NCCNc1ncccn1. The van der Waals surface area contributed by atoms with Gasteiger partial charge in [0.1, 0.15) is 6.04 Å². The van der Waals surface area contributed by atoms with Crippen LogP contribution < -0.4 is 21.3 Å². The van der Waals surface area contributed by atoms with Crippen molar-refractivity contribution in [1.29, 1.82) is 0 Å². The van der Waals surface area contributed by atoms with E-state index in [4.69, 9.17) is 0 Å². The van der Waals surface area contributed by atoms with Crippen LogP contribution in [0.3, 0.4) is 0 Å². The van der Waals surface area contributed by atoms with Gasteiger partial charge < -0.3 is 21.3 Å². The van der Waals surface area contributed by atoms with E-state index in [-0.39, 0.29) is 30.6 Å². The summed E-state index contributed by atoms with van der Waals surface area (Å²) >= 11 is 0. The van der Waals surface area contributed by atoms with E-state index >= 15 is 0 Å². The summed E-state index contributed by atoms with van der Waals surface area (Å²) in [5.74, 6) is -0.371. The number of fused-ring (bicyclic) bond motifs is 1. The third-order valence-electron chi connectivity index (χ3n) is 4.01. The molecule has 4 N–H and O–H groups in total. The van der Waals surface area contributed by atoms with Gasteiger partial charge in [0, 0.05) is 31.9 Å². The van der Waals surface area contributed by atoms with Crippen molar-refractivity contribution in [3.05, 3.63) is 48.3 Å². The minimum atomic E-state index is -0.758. The van der Waals surface area contributed by atoms with Gasteiger partial charge in [0.05, 0.1) is 11.3 Å². The molecular weight excluding hydrogens is 348 g/mol. The van der Waals surface area contributed by atoms with Gasteiger partial charge in [-0.05, 0) is 24.6 Å². The molecule has 0 spiro atoms. The van der Waals surface area contributed by atoms with Crippen LogP contribution in [0.2, 0.25) is 0 Å². The van der Waals surface area contributed by atoms with Crippen LogP contribution in [0.25, 0.3) is 0 Å². The number of rotatable bonds is 7. The molecule has 3 rings (SSSR count). The zero-order valence-electron chi connectivity index (χ0n) is 14.6. The maximum atomic E-state index is 12.3. The number of hydrogen-bond donors (Lipinski definition) is 4. The number of aromatic nitrogens is 2. The molecule has 2 aromatic rings. The van der Waals surface area contributed by atoms with Crippen LogP contribution >= 0.6 is 0 Å². The van der Waals surface area contributed by atoms with Gasteiger partial charge in [-0.15, -0.1) is 0 Å². The Hall–Kier alpha value is -3.49. The average molecular weight is 368 g/mol. The Morgan fingerprint density at radius 1 is 1.07 bits per heavy atom. The first kappa shape index (κ1) is 18.3. The summed E-state index contributed by atoms with van der Waals surface area (Å²) in [7, 11) is 0. The highest BCUT2D eigenvalue weighted by Gasteiger charge is 2.27. The first-order chi connectivity index (χ1) is 13.1. The van der Waals surface area contributed by atoms with Gasteiger partial charge in [0.25, 0.3) is 5.91 Å². The summed E-state index contributed by atoms with van der Waals surface area (Å²) in [5.41, 5.74) is 0.883. The first-order valence-electron chi connectivity index (χ1n) is 8.62. The molecule has 2 heterocycles. The molecule has 0 fully saturated rings. The van der Waals surface area contributed by atoms with E-state index in [0.717, 1.165) is 0 Å². The standard InChI is InChI=1S/C18H20N6O3/c25-15(19-10-11-22-18-20-8-3-9-21-18)7-6-14-17(27)23-13-5-2-1-4-12(13)16(26)24-14/h1-5,8-9,14H,6-7,10-11H2,(H,19,25)(H,23,27)(H,24,26)(H,20,21,22)/t14-/m0/s1. The highest BCUT2D eigenvalue weighted by Crippen LogP contribution is 2.19. The molecule has 1 aromatic heterocycles. The van der Waals surface area contributed by atoms with Gasteiger partial charge in [0.2, 0.25) is 17.8 Å². The van der Waals surface area contributed by atoms with Gasteiger partial charge in [-0.25, -0.2) is 9.97 Å². The molecule has 0 bridgehead atoms. The smallest absolute Gasteiger partial charge is 0.254 e. The Balaban J connectivity index is 1.42. The van der Waals surface area contributed by atoms with Crippen molar-refractivity contribution in [1.82, 2.24) is 20.6 Å².